The van der Waals surface area contributed by atoms with E-state index in [1.807, 2.05) is 0 Å². The lowest BCUT2D eigenvalue weighted by atomic mass is 10.1. The van der Waals surface area contributed by atoms with E-state index in [1.165, 1.54) is 26.4 Å². The number of nitrogens with two attached hydrogens (primary N) is 1. The SMILES string of the molecule is COc1cc(CCN)cc(OC)c1OC(F)(F)F. The van der Waals surface area contributed by atoms with E-state index in [2.05, 4.69) is 4.74 Å². The van der Waals surface area contributed by atoms with Crippen LogP contribution in [-0.4, -0.2) is 27.1 Å². The third kappa shape index (κ3) is 3.69. The first-order valence-electron chi connectivity index (χ1n) is 5.12. The number of methoxy groups -OCH3 is 2. The number of benzene rings is 1. The maximum absolute atomic E-state index is 12.3. The number of hydrogen-bond acceptors (Lipinski definition) is 4. The van der Waals surface area contributed by atoms with Crippen LogP contribution in [0.4, 0.5) is 13.2 Å². The molecule has 1 aromatic rings. The quantitative estimate of drug-likeness (QED) is 0.885. The first-order chi connectivity index (χ1) is 8.41. The molecule has 7 heteroatoms. The van der Waals surface area contributed by atoms with Gasteiger partial charge in [-0.2, -0.15) is 0 Å². The van der Waals surface area contributed by atoms with Crippen LogP contribution in [0.15, 0.2) is 12.1 Å². The summed E-state index contributed by atoms with van der Waals surface area (Å²) in [5.74, 6) is -0.585. The summed E-state index contributed by atoms with van der Waals surface area (Å²) in [6.07, 6.45) is -4.31. The molecule has 0 aromatic heterocycles. The van der Waals surface area contributed by atoms with Crippen molar-refractivity contribution in [3.8, 4) is 17.2 Å². The summed E-state index contributed by atoms with van der Waals surface area (Å²) < 4.78 is 50.5. The van der Waals surface area contributed by atoms with Crippen LogP contribution in [0, 0.1) is 0 Å². The Morgan fingerprint density at radius 1 is 1.11 bits per heavy atom. The van der Waals surface area contributed by atoms with Gasteiger partial charge in [0.2, 0.25) is 5.75 Å². The Kier molecular flexibility index (Phi) is 4.66. The van der Waals surface area contributed by atoms with Gasteiger partial charge < -0.3 is 19.9 Å². The fraction of sp³-hybridized carbons (Fsp3) is 0.455. The van der Waals surface area contributed by atoms with Crippen LogP contribution >= 0.6 is 0 Å². The van der Waals surface area contributed by atoms with Gasteiger partial charge in [-0.05, 0) is 30.7 Å². The Morgan fingerprint density at radius 3 is 1.94 bits per heavy atom. The van der Waals surface area contributed by atoms with Crippen molar-refractivity contribution in [3.05, 3.63) is 17.7 Å². The molecule has 0 radical (unpaired) electrons. The third-order valence-corrected chi connectivity index (χ3v) is 2.17. The Hall–Kier alpha value is -1.63. The van der Waals surface area contributed by atoms with Crippen molar-refractivity contribution in [2.24, 2.45) is 5.73 Å². The maximum atomic E-state index is 12.3. The van der Waals surface area contributed by atoms with Crippen molar-refractivity contribution < 1.29 is 27.4 Å². The van der Waals surface area contributed by atoms with E-state index in [4.69, 9.17) is 15.2 Å². The summed E-state index contributed by atoms with van der Waals surface area (Å²) in [5, 5.41) is 0. The summed E-state index contributed by atoms with van der Waals surface area (Å²) in [6.45, 7) is 0.367. The molecular weight excluding hydrogens is 251 g/mol. The maximum Gasteiger partial charge on any atom is 0.573 e. The largest absolute Gasteiger partial charge is 0.573 e. The summed E-state index contributed by atoms with van der Waals surface area (Å²) in [6, 6.07) is 2.88. The van der Waals surface area contributed by atoms with Gasteiger partial charge in [0.1, 0.15) is 0 Å². The highest BCUT2D eigenvalue weighted by molar-refractivity contribution is 5.54. The van der Waals surface area contributed by atoms with Gasteiger partial charge in [-0.15, -0.1) is 13.2 Å². The van der Waals surface area contributed by atoms with Crippen LogP contribution in [0.2, 0.25) is 0 Å². The second kappa shape index (κ2) is 5.81. The molecule has 0 aliphatic rings. The molecule has 1 aromatic carbocycles. The Bertz CT molecular complexity index is 382. The van der Waals surface area contributed by atoms with Crippen LogP contribution in [0.25, 0.3) is 0 Å². The molecule has 2 N–H and O–H groups in total. The highest BCUT2D eigenvalue weighted by Gasteiger charge is 2.34. The van der Waals surface area contributed by atoms with Crippen molar-refractivity contribution >= 4 is 0 Å². The molecule has 0 saturated carbocycles. The van der Waals surface area contributed by atoms with E-state index in [0.29, 0.717) is 18.5 Å². The second-order valence-electron chi connectivity index (χ2n) is 3.42. The summed E-state index contributed by atoms with van der Waals surface area (Å²) in [7, 11) is 2.51. The van der Waals surface area contributed by atoms with E-state index >= 15 is 0 Å². The van der Waals surface area contributed by atoms with Gasteiger partial charge in [0.25, 0.3) is 0 Å². The van der Waals surface area contributed by atoms with Gasteiger partial charge in [-0.25, -0.2) is 0 Å². The zero-order valence-electron chi connectivity index (χ0n) is 10.0. The predicted octanol–water partition coefficient (Wildman–Crippen LogP) is 2.10. The average molecular weight is 265 g/mol. The lowest BCUT2D eigenvalue weighted by molar-refractivity contribution is -0.275. The zero-order valence-corrected chi connectivity index (χ0v) is 10.0. The van der Waals surface area contributed by atoms with Crippen molar-refractivity contribution in [1.82, 2.24) is 0 Å². The molecule has 102 valence electrons. The number of alkyl halides is 3. The molecule has 0 amide bonds. The Labute approximate surface area is 102 Å². The summed E-state index contributed by atoms with van der Waals surface area (Å²) in [4.78, 5) is 0. The monoisotopic (exact) mass is 265 g/mol. The fourth-order valence-electron chi connectivity index (χ4n) is 1.46. The molecule has 0 unspecified atom stereocenters. The van der Waals surface area contributed by atoms with Crippen LogP contribution in [0.1, 0.15) is 5.56 Å². The minimum absolute atomic E-state index is 0.0462. The number of rotatable bonds is 5. The lowest BCUT2D eigenvalue weighted by Crippen LogP contribution is -2.18. The number of halogens is 3. The van der Waals surface area contributed by atoms with Gasteiger partial charge >= 0.3 is 6.36 Å². The van der Waals surface area contributed by atoms with Crippen molar-refractivity contribution in [2.75, 3.05) is 20.8 Å². The van der Waals surface area contributed by atoms with Gasteiger partial charge in [-0.1, -0.05) is 0 Å². The van der Waals surface area contributed by atoms with E-state index in [0.717, 1.165) is 0 Å². The molecule has 0 fully saturated rings. The van der Waals surface area contributed by atoms with Crippen LogP contribution in [-0.2, 0) is 6.42 Å². The minimum atomic E-state index is -4.81. The van der Waals surface area contributed by atoms with Crippen molar-refractivity contribution in [3.63, 3.8) is 0 Å². The number of hydrogen-bond donors (Lipinski definition) is 1. The first kappa shape index (κ1) is 14.4. The Morgan fingerprint density at radius 2 is 1.61 bits per heavy atom. The molecular formula is C11H14F3NO3. The lowest BCUT2D eigenvalue weighted by Gasteiger charge is -2.16. The summed E-state index contributed by atoms with van der Waals surface area (Å²) >= 11 is 0. The molecule has 0 atom stereocenters. The van der Waals surface area contributed by atoms with Gasteiger partial charge in [0, 0.05) is 0 Å². The molecule has 0 heterocycles. The fourth-order valence-corrected chi connectivity index (χ4v) is 1.46. The Balaban J connectivity index is 3.21. The highest BCUT2D eigenvalue weighted by Crippen LogP contribution is 2.41. The molecule has 0 aliphatic carbocycles. The normalized spacial score (nSPS) is 11.2. The highest BCUT2D eigenvalue weighted by atomic mass is 19.4. The van der Waals surface area contributed by atoms with E-state index in [1.54, 1.807) is 0 Å². The van der Waals surface area contributed by atoms with E-state index < -0.39 is 12.1 Å². The molecule has 18 heavy (non-hydrogen) atoms. The first-order valence-corrected chi connectivity index (χ1v) is 5.12. The molecule has 0 bridgehead atoms. The smallest absolute Gasteiger partial charge is 0.493 e. The second-order valence-corrected chi connectivity index (χ2v) is 3.42. The molecule has 0 saturated heterocycles. The number of ether oxygens (including phenoxy) is 3. The van der Waals surface area contributed by atoms with E-state index in [-0.39, 0.29) is 11.5 Å². The molecule has 1 rings (SSSR count). The van der Waals surface area contributed by atoms with Crippen LogP contribution in [0.3, 0.4) is 0 Å². The van der Waals surface area contributed by atoms with Gasteiger partial charge in [0.05, 0.1) is 14.2 Å². The van der Waals surface area contributed by atoms with Crippen LogP contribution < -0.4 is 19.9 Å². The van der Waals surface area contributed by atoms with Crippen molar-refractivity contribution in [2.45, 2.75) is 12.8 Å². The minimum Gasteiger partial charge on any atom is -0.493 e. The molecule has 4 nitrogen and oxygen atoms in total. The molecule has 0 spiro atoms. The average Bonchev–Trinajstić information content (AvgIpc) is 2.29. The zero-order chi connectivity index (χ0) is 13.8. The standard InChI is InChI=1S/C11H14F3NO3/c1-16-8-5-7(3-4-15)6-9(17-2)10(8)18-11(12,13)14/h5-6H,3-4,15H2,1-2H3. The topological polar surface area (TPSA) is 53.7 Å². The van der Waals surface area contributed by atoms with Gasteiger partial charge in [0.15, 0.2) is 11.5 Å². The van der Waals surface area contributed by atoms with E-state index in [9.17, 15) is 13.2 Å². The summed E-state index contributed by atoms with van der Waals surface area (Å²) in [5.41, 5.74) is 6.10. The van der Waals surface area contributed by atoms with Gasteiger partial charge in [-0.3, -0.25) is 0 Å². The predicted molar refractivity (Wildman–Crippen MR) is 59.0 cm³/mol. The third-order valence-electron chi connectivity index (χ3n) is 2.17. The van der Waals surface area contributed by atoms with Crippen LogP contribution in [0.5, 0.6) is 17.2 Å². The molecule has 0 aliphatic heterocycles. The van der Waals surface area contributed by atoms with Crippen molar-refractivity contribution in [1.29, 1.82) is 0 Å².